The number of anilines is 1. The number of ether oxygens (including phenoxy) is 1. The Morgan fingerprint density at radius 2 is 1.56 bits per heavy atom. The topological polar surface area (TPSA) is 131 Å². The summed E-state index contributed by atoms with van der Waals surface area (Å²) in [5.41, 5.74) is 1.28. The zero-order valence-corrected chi connectivity index (χ0v) is 18.4. The number of hydrogen-bond acceptors (Lipinski definition) is 6. The van der Waals surface area contributed by atoms with Crippen LogP contribution in [0, 0.1) is 5.92 Å². The van der Waals surface area contributed by atoms with Crippen LogP contribution in [0.1, 0.15) is 40.5 Å². The van der Waals surface area contributed by atoms with Gasteiger partial charge in [-0.2, -0.15) is 0 Å². The first-order valence-corrected chi connectivity index (χ1v) is 11.7. The van der Waals surface area contributed by atoms with E-state index in [4.69, 9.17) is 4.74 Å². The molecule has 10 heteroatoms. The molecule has 0 spiro atoms. The van der Waals surface area contributed by atoms with Crippen molar-refractivity contribution in [3.63, 3.8) is 0 Å². The van der Waals surface area contributed by atoms with Gasteiger partial charge in [-0.1, -0.05) is 0 Å². The van der Waals surface area contributed by atoms with Gasteiger partial charge in [0.25, 0.3) is 5.91 Å². The summed E-state index contributed by atoms with van der Waals surface area (Å²) in [6.45, 7) is 1.99. The number of amides is 2. The monoisotopic (exact) mass is 459 g/mol. The summed E-state index contributed by atoms with van der Waals surface area (Å²) < 4.78 is 32.0. The third-order valence-electron chi connectivity index (χ3n) is 4.74. The first-order valence-electron chi connectivity index (χ1n) is 10.3. The summed E-state index contributed by atoms with van der Waals surface area (Å²) >= 11 is 0. The normalized spacial score (nSPS) is 13.3. The van der Waals surface area contributed by atoms with Crippen molar-refractivity contribution in [1.29, 1.82) is 0 Å². The van der Waals surface area contributed by atoms with Gasteiger partial charge in [0.15, 0.2) is 0 Å². The minimum Gasteiger partial charge on any atom is -0.462 e. The lowest BCUT2D eigenvalue weighted by Crippen LogP contribution is -2.34. The highest BCUT2D eigenvalue weighted by atomic mass is 32.2. The van der Waals surface area contributed by atoms with Crippen LogP contribution < -0.4 is 15.4 Å². The van der Waals surface area contributed by atoms with Crippen molar-refractivity contribution in [2.75, 3.05) is 25.0 Å². The van der Waals surface area contributed by atoms with Crippen molar-refractivity contribution in [3.8, 4) is 0 Å². The molecule has 0 aliphatic heterocycles. The molecule has 3 rings (SSSR count). The van der Waals surface area contributed by atoms with Crippen LogP contribution in [0.5, 0.6) is 0 Å². The van der Waals surface area contributed by atoms with E-state index in [9.17, 15) is 22.8 Å². The molecule has 0 aromatic heterocycles. The molecule has 32 heavy (non-hydrogen) atoms. The molecule has 2 amide bonds. The van der Waals surface area contributed by atoms with Crippen molar-refractivity contribution in [2.24, 2.45) is 5.92 Å². The molecule has 0 atom stereocenters. The summed E-state index contributed by atoms with van der Waals surface area (Å²) in [6, 6.07) is 11.9. The predicted octanol–water partition coefficient (Wildman–Crippen LogP) is 1.92. The third-order valence-corrected chi connectivity index (χ3v) is 6.22. The second-order valence-electron chi connectivity index (χ2n) is 7.24. The van der Waals surface area contributed by atoms with Crippen LogP contribution in [0.3, 0.4) is 0 Å². The fourth-order valence-corrected chi connectivity index (χ4v) is 3.86. The average Bonchev–Trinajstić information content (AvgIpc) is 3.63. The van der Waals surface area contributed by atoms with Gasteiger partial charge in [-0.05, 0) is 68.3 Å². The van der Waals surface area contributed by atoms with Crippen molar-refractivity contribution >= 4 is 33.5 Å². The van der Waals surface area contributed by atoms with E-state index in [1.54, 1.807) is 31.2 Å². The van der Waals surface area contributed by atoms with E-state index in [2.05, 4.69) is 15.4 Å². The van der Waals surface area contributed by atoms with Gasteiger partial charge in [-0.15, -0.1) is 0 Å². The molecular weight excluding hydrogens is 434 g/mol. The van der Waals surface area contributed by atoms with Crippen LogP contribution in [0.15, 0.2) is 53.4 Å². The van der Waals surface area contributed by atoms with Crippen LogP contribution in [0.4, 0.5) is 5.69 Å². The Morgan fingerprint density at radius 1 is 0.938 bits per heavy atom. The fraction of sp³-hybridized carbons (Fsp3) is 0.318. The van der Waals surface area contributed by atoms with Gasteiger partial charge in [-0.25, -0.2) is 17.9 Å². The molecule has 3 N–H and O–H groups in total. The molecule has 0 radical (unpaired) electrons. The zero-order chi connectivity index (χ0) is 23.1. The molecule has 9 nitrogen and oxygen atoms in total. The number of rotatable bonds is 10. The maximum Gasteiger partial charge on any atom is 0.338 e. The highest BCUT2D eigenvalue weighted by Crippen LogP contribution is 2.30. The van der Waals surface area contributed by atoms with Gasteiger partial charge in [0.1, 0.15) is 0 Å². The van der Waals surface area contributed by atoms with Gasteiger partial charge in [0, 0.05) is 30.3 Å². The number of carbonyl (C=O) groups excluding carboxylic acids is 3. The first-order chi connectivity index (χ1) is 15.3. The minimum atomic E-state index is -3.79. The molecule has 0 bridgehead atoms. The Morgan fingerprint density at radius 3 is 2.16 bits per heavy atom. The number of sulfonamides is 1. The Bertz CT molecular complexity index is 1080. The SMILES string of the molecule is CCOC(=O)c1ccc(S(=O)(=O)NCCNC(=O)c2ccc(NC(=O)C3CC3)cc2)cc1. The molecule has 2 aromatic rings. The van der Waals surface area contributed by atoms with E-state index in [0.717, 1.165) is 12.8 Å². The molecule has 1 fully saturated rings. The maximum absolute atomic E-state index is 12.4. The van der Waals surface area contributed by atoms with Crippen LogP contribution in [-0.2, 0) is 19.6 Å². The van der Waals surface area contributed by atoms with Crippen LogP contribution in [-0.4, -0.2) is 45.9 Å². The van der Waals surface area contributed by atoms with E-state index in [0.29, 0.717) is 11.3 Å². The molecular formula is C22H25N3O6S. The maximum atomic E-state index is 12.4. The predicted molar refractivity (Wildman–Crippen MR) is 118 cm³/mol. The van der Waals surface area contributed by atoms with Gasteiger partial charge in [-0.3, -0.25) is 9.59 Å². The second-order valence-corrected chi connectivity index (χ2v) is 9.01. The highest BCUT2D eigenvalue weighted by molar-refractivity contribution is 7.89. The molecule has 1 saturated carbocycles. The lowest BCUT2D eigenvalue weighted by molar-refractivity contribution is -0.117. The van der Waals surface area contributed by atoms with Crippen LogP contribution in [0.25, 0.3) is 0 Å². The van der Waals surface area contributed by atoms with Crippen molar-refractivity contribution in [3.05, 3.63) is 59.7 Å². The van der Waals surface area contributed by atoms with Crippen LogP contribution >= 0.6 is 0 Å². The molecule has 170 valence electrons. The van der Waals surface area contributed by atoms with Crippen molar-refractivity contribution < 1.29 is 27.5 Å². The highest BCUT2D eigenvalue weighted by Gasteiger charge is 2.29. The van der Waals surface area contributed by atoms with E-state index in [1.807, 2.05) is 0 Å². The smallest absolute Gasteiger partial charge is 0.338 e. The van der Waals surface area contributed by atoms with Gasteiger partial charge < -0.3 is 15.4 Å². The minimum absolute atomic E-state index is 0.000656. The van der Waals surface area contributed by atoms with Crippen molar-refractivity contribution in [1.82, 2.24) is 10.0 Å². The van der Waals surface area contributed by atoms with Gasteiger partial charge in [0.2, 0.25) is 15.9 Å². The summed E-state index contributed by atoms with van der Waals surface area (Å²) in [5.74, 6) is -0.796. The Hall–Kier alpha value is -3.24. The van der Waals surface area contributed by atoms with Crippen LogP contribution in [0.2, 0.25) is 0 Å². The quantitative estimate of drug-likeness (QED) is 0.368. The van der Waals surface area contributed by atoms with Gasteiger partial charge in [0.05, 0.1) is 17.1 Å². The Labute approximate surface area is 186 Å². The second kappa shape index (κ2) is 10.4. The van der Waals surface area contributed by atoms with E-state index >= 15 is 0 Å². The molecule has 1 aliphatic rings. The van der Waals surface area contributed by atoms with E-state index in [-0.39, 0.29) is 47.9 Å². The lowest BCUT2D eigenvalue weighted by atomic mass is 10.2. The number of hydrogen-bond donors (Lipinski definition) is 3. The molecule has 0 saturated heterocycles. The number of nitrogens with one attached hydrogen (secondary N) is 3. The van der Waals surface area contributed by atoms with Gasteiger partial charge >= 0.3 is 5.97 Å². The zero-order valence-electron chi connectivity index (χ0n) is 17.6. The lowest BCUT2D eigenvalue weighted by Gasteiger charge is -2.09. The molecule has 0 unspecified atom stereocenters. The molecule has 0 heterocycles. The number of benzene rings is 2. The first kappa shape index (κ1) is 23.4. The standard InChI is InChI=1S/C22H25N3O6S/c1-2-31-22(28)17-7-11-19(12-8-17)32(29,30)24-14-13-23-20(26)15-5-9-18(10-6-15)25-21(27)16-3-4-16/h5-12,16,24H,2-4,13-14H2,1H3,(H,23,26)(H,25,27). The van der Waals surface area contributed by atoms with Crippen molar-refractivity contribution in [2.45, 2.75) is 24.7 Å². The summed E-state index contributed by atoms with van der Waals surface area (Å²) in [6.07, 6.45) is 1.82. The molecule has 2 aromatic carbocycles. The molecule has 1 aliphatic carbocycles. The number of esters is 1. The Balaban J connectivity index is 1.45. The number of carbonyl (C=O) groups is 3. The largest absolute Gasteiger partial charge is 0.462 e. The summed E-state index contributed by atoms with van der Waals surface area (Å²) in [4.78, 5) is 35.6. The van der Waals surface area contributed by atoms with E-state index in [1.165, 1.54) is 24.3 Å². The fourth-order valence-electron chi connectivity index (χ4n) is 2.83. The Kier molecular flexibility index (Phi) is 7.60. The average molecular weight is 460 g/mol. The summed E-state index contributed by atoms with van der Waals surface area (Å²) in [7, 11) is -3.79. The third kappa shape index (κ3) is 6.38. The van der Waals surface area contributed by atoms with E-state index < -0.39 is 16.0 Å². The summed E-state index contributed by atoms with van der Waals surface area (Å²) in [5, 5.41) is 5.43.